The molecule has 3 heteroatoms. The Hall–Kier alpha value is -1.32. The lowest BCUT2D eigenvalue weighted by Gasteiger charge is -2.17. The van der Waals surface area contributed by atoms with Gasteiger partial charge in [-0.2, -0.15) is 0 Å². The maximum absolute atomic E-state index is 5.81. The van der Waals surface area contributed by atoms with Gasteiger partial charge in [0.15, 0.2) is 5.79 Å². The van der Waals surface area contributed by atoms with Gasteiger partial charge in [0, 0.05) is 29.7 Å². The molecule has 2 aromatic rings. The van der Waals surface area contributed by atoms with Crippen molar-refractivity contribution in [1.29, 1.82) is 0 Å². The Morgan fingerprint density at radius 3 is 3.00 bits per heavy atom. The second-order valence-corrected chi connectivity index (χ2v) is 5.22. The number of aryl methyl sites for hydroxylation is 1. The van der Waals surface area contributed by atoms with Crippen molar-refractivity contribution in [3.8, 4) is 0 Å². The number of benzene rings is 1. The highest BCUT2D eigenvalue weighted by molar-refractivity contribution is 5.79. The third-order valence-electron chi connectivity index (χ3n) is 3.35. The first kappa shape index (κ1) is 11.8. The fourth-order valence-electron chi connectivity index (χ4n) is 2.44. The van der Waals surface area contributed by atoms with Crippen LogP contribution in [0.25, 0.3) is 10.9 Å². The van der Waals surface area contributed by atoms with Crippen molar-refractivity contribution in [1.82, 2.24) is 4.57 Å². The summed E-state index contributed by atoms with van der Waals surface area (Å²) in [6.07, 6.45) is 3.18. The Labute approximate surface area is 107 Å². The first-order valence-electron chi connectivity index (χ1n) is 6.41. The van der Waals surface area contributed by atoms with Crippen molar-refractivity contribution in [3.05, 3.63) is 36.5 Å². The van der Waals surface area contributed by atoms with Crippen LogP contribution in [0.3, 0.4) is 0 Å². The Morgan fingerprint density at radius 1 is 1.39 bits per heavy atom. The normalized spacial score (nSPS) is 22.7. The Bertz CT molecular complexity index is 544. The third kappa shape index (κ3) is 2.28. The van der Waals surface area contributed by atoms with Crippen LogP contribution < -0.4 is 0 Å². The molecule has 1 fully saturated rings. The highest BCUT2D eigenvalue weighted by Gasteiger charge is 2.32. The van der Waals surface area contributed by atoms with Gasteiger partial charge >= 0.3 is 0 Å². The second kappa shape index (κ2) is 4.41. The first-order valence-corrected chi connectivity index (χ1v) is 6.41. The van der Waals surface area contributed by atoms with E-state index < -0.39 is 5.79 Å². The van der Waals surface area contributed by atoms with E-state index >= 15 is 0 Å². The van der Waals surface area contributed by atoms with Gasteiger partial charge in [0.05, 0.1) is 12.7 Å². The molecule has 2 heterocycles. The monoisotopic (exact) mass is 244 g/mol. The predicted octanol–water partition coefficient (Wildman–Crippen LogP) is 2.98. The molecule has 1 aliphatic heterocycles. The van der Waals surface area contributed by atoms with Crippen LogP contribution in [0.5, 0.6) is 0 Å². The molecular formula is C15H18NO2. The molecule has 3 nitrogen and oxygen atoms in total. The van der Waals surface area contributed by atoms with E-state index in [2.05, 4.69) is 28.8 Å². The zero-order valence-corrected chi connectivity index (χ0v) is 10.8. The Kier molecular flexibility index (Phi) is 2.88. The minimum Gasteiger partial charge on any atom is -0.348 e. The Morgan fingerprint density at radius 2 is 2.22 bits per heavy atom. The van der Waals surface area contributed by atoms with Gasteiger partial charge in [0.25, 0.3) is 0 Å². The number of aromatic nitrogens is 1. The van der Waals surface area contributed by atoms with Gasteiger partial charge in [-0.3, -0.25) is 0 Å². The lowest BCUT2D eigenvalue weighted by Crippen LogP contribution is -2.22. The van der Waals surface area contributed by atoms with E-state index in [-0.39, 0.29) is 6.10 Å². The first-order chi connectivity index (χ1) is 8.64. The average Bonchev–Trinajstić information content (AvgIpc) is 2.90. The molecule has 0 saturated carbocycles. The number of fused-ring (bicyclic) bond motifs is 1. The van der Waals surface area contributed by atoms with Gasteiger partial charge in [-0.1, -0.05) is 18.2 Å². The summed E-state index contributed by atoms with van der Waals surface area (Å²) in [4.78, 5) is 0. The van der Waals surface area contributed by atoms with E-state index in [1.165, 1.54) is 10.9 Å². The van der Waals surface area contributed by atoms with E-state index in [1.807, 2.05) is 26.1 Å². The molecule has 1 aromatic heterocycles. The number of para-hydroxylation sites is 1. The number of ether oxygens (including phenoxy) is 2. The molecule has 0 amide bonds. The summed E-state index contributed by atoms with van der Waals surface area (Å²) in [5, 5.41) is 1.17. The average molecular weight is 244 g/mol. The number of nitrogens with zero attached hydrogens (tertiary/aromatic N) is 1. The maximum Gasteiger partial charge on any atom is 0.163 e. The van der Waals surface area contributed by atoms with Crippen molar-refractivity contribution in [2.75, 3.05) is 6.61 Å². The molecule has 1 aromatic carbocycles. The molecule has 0 spiro atoms. The molecule has 95 valence electrons. The molecule has 0 bridgehead atoms. The summed E-state index contributed by atoms with van der Waals surface area (Å²) < 4.78 is 13.6. The molecular weight excluding hydrogens is 226 g/mol. The largest absolute Gasteiger partial charge is 0.348 e. The fraction of sp³-hybridized carbons (Fsp3) is 0.467. The SMILES string of the molecule is CC1(C)OCC(CCn2c[c]c3ccccc32)O1. The smallest absolute Gasteiger partial charge is 0.163 e. The predicted molar refractivity (Wildman–Crippen MR) is 70.3 cm³/mol. The van der Waals surface area contributed by atoms with Crippen molar-refractivity contribution in [2.24, 2.45) is 0 Å². The number of hydrogen-bond acceptors (Lipinski definition) is 2. The van der Waals surface area contributed by atoms with Gasteiger partial charge in [0.2, 0.25) is 0 Å². The summed E-state index contributed by atoms with van der Waals surface area (Å²) in [7, 11) is 0. The minimum atomic E-state index is -0.421. The molecule has 1 atom stereocenters. The van der Waals surface area contributed by atoms with Crippen molar-refractivity contribution >= 4 is 10.9 Å². The van der Waals surface area contributed by atoms with Gasteiger partial charge < -0.3 is 14.0 Å². The summed E-state index contributed by atoms with van der Waals surface area (Å²) >= 11 is 0. The molecule has 0 N–H and O–H groups in total. The molecule has 18 heavy (non-hydrogen) atoms. The highest BCUT2D eigenvalue weighted by Crippen LogP contribution is 2.25. The number of hydrogen-bond donors (Lipinski definition) is 0. The highest BCUT2D eigenvalue weighted by atomic mass is 16.7. The van der Waals surface area contributed by atoms with Crippen LogP contribution >= 0.6 is 0 Å². The molecule has 3 rings (SSSR count). The summed E-state index contributed by atoms with van der Waals surface area (Å²) in [6.45, 7) is 5.56. The zero-order valence-electron chi connectivity index (χ0n) is 10.8. The van der Waals surface area contributed by atoms with Crippen molar-refractivity contribution in [3.63, 3.8) is 0 Å². The van der Waals surface area contributed by atoms with E-state index in [4.69, 9.17) is 9.47 Å². The third-order valence-corrected chi connectivity index (χ3v) is 3.35. The van der Waals surface area contributed by atoms with E-state index in [1.54, 1.807) is 0 Å². The van der Waals surface area contributed by atoms with Crippen LogP contribution in [0, 0.1) is 6.07 Å². The lowest BCUT2D eigenvalue weighted by molar-refractivity contribution is -0.139. The van der Waals surface area contributed by atoms with Gasteiger partial charge in [-0.25, -0.2) is 0 Å². The quantitative estimate of drug-likeness (QED) is 0.828. The number of rotatable bonds is 3. The standard InChI is InChI=1S/C15H18NO2/c1-15(2)17-11-13(18-15)8-10-16-9-7-12-5-3-4-6-14(12)16/h3-6,9,13H,8,10-11H2,1-2H3. The summed E-state index contributed by atoms with van der Waals surface area (Å²) in [5.74, 6) is -0.421. The lowest BCUT2D eigenvalue weighted by atomic mass is 10.2. The molecule has 1 unspecified atom stereocenters. The molecule has 1 radical (unpaired) electrons. The van der Waals surface area contributed by atoms with E-state index in [0.29, 0.717) is 6.61 Å². The van der Waals surface area contributed by atoms with E-state index in [9.17, 15) is 0 Å². The Balaban J connectivity index is 1.67. The van der Waals surface area contributed by atoms with Crippen molar-refractivity contribution in [2.45, 2.75) is 38.7 Å². The van der Waals surface area contributed by atoms with Crippen LogP contribution in [0.4, 0.5) is 0 Å². The molecule has 1 aliphatic rings. The second-order valence-electron chi connectivity index (χ2n) is 5.22. The van der Waals surface area contributed by atoms with Crippen LogP contribution in [-0.2, 0) is 16.0 Å². The van der Waals surface area contributed by atoms with Crippen LogP contribution in [0.15, 0.2) is 30.5 Å². The van der Waals surface area contributed by atoms with E-state index in [0.717, 1.165) is 13.0 Å². The molecule has 1 saturated heterocycles. The summed E-state index contributed by atoms with van der Waals surface area (Å²) in [6, 6.07) is 11.6. The van der Waals surface area contributed by atoms with Crippen molar-refractivity contribution < 1.29 is 9.47 Å². The van der Waals surface area contributed by atoms with Gasteiger partial charge in [0.1, 0.15) is 0 Å². The maximum atomic E-state index is 5.81. The topological polar surface area (TPSA) is 23.4 Å². The van der Waals surface area contributed by atoms with Crippen LogP contribution in [0.2, 0.25) is 0 Å². The molecule has 0 aliphatic carbocycles. The zero-order chi connectivity index (χ0) is 12.6. The van der Waals surface area contributed by atoms with Gasteiger partial charge in [-0.05, 0) is 26.3 Å². The summed E-state index contributed by atoms with van der Waals surface area (Å²) in [5.41, 5.74) is 1.23. The van der Waals surface area contributed by atoms with Crippen LogP contribution in [0.1, 0.15) is 20.3 Å². The fourth-order valence-corrected chi connectivity index (χ4v) is 2.44. The minimum absolute atomic E-state index is 0.196. The van der Waals surface area contributed by atoms with Gasteiger partial charge in [-0.15, -0.1) is 0 Å². The van der Waals surface area contributed by atoms with Crippen LogP contribution in [-0.4, -0.2) is 23.1 Å².